The van der Waals surface area contributed by atoms with Gasteiger partial charge in [0.2, 0.25) is 0 Å². The fourth-order valence-corrected chi connectivity index (χ4v) is 9.00. The van der Waals surface area contributed by atoms with Crippen LogP contribution in [0, 0.1) is 0 Å². The van der Waals surface area contributed by atoms with Crippen molar-refractivity contribution in [3.63, 3.8) is 0 Å². The monoisotopic (exact) mass is 612 g/mol. The highest BCUT2D eigenvalue weighted by Gasteiger charge is 2.19. The largest absolute Gasteiger partial charge is 0.135 e. The molecule has 0 N–H and O–H groups in total. The van der Waals surface area contributed by atoms with Crippen molar-refractivity contribution in [3.8, 4) is 33.4 Å². The maximum Gasteiger partial charge on any atom is 0.0434 e. The van der Waals surface area contributed by atoms with Gasteiger partial charge in [-0.3, -0.25) is 0 Å². The summed E-state index contributed by atoms with van der Waals surface area (Å²) in [5, 5.41) is 13.0. The molecule has 0 saturated heterocycles. The lowest BCUT2D eigenvalue weighted by Gasteiger charge is -2.18. The summed E-state index contributed by atoms with van der Waals surface area (Å²) in [6.45, 7) is 0. The summed E-state index contributed by atoms with van der Waals surface area (Å²) in [4.78, 5) is 0. The Morgan fingerprint density at radius 3 is 1.53 bits per heavy atom. The molecule has 0 bridgehead atoms. The minimum Gasteiger partial charge on any atom is -0.135 e. The van der Waals surface area contributed by atoms with E-state index in [1.54, 1.807) is 0 Å². The molecule has 0 radical (unpaired) electrons. The maximum atomic E-state index is 2.32. The molecule has 0 saturated carbocycles. The van der Waals surface area contributed by atoms with E-state index in [0.717, 1.165) is 0 Å². The molecule has 1 heterocycles. The lowest BCUT2D eigenvalue weighted by molar-refractivity contribution is 1.64. The lowest BCUT2D eigenvalue weighted by atomic mass is 9.85. The first kappa shape index (κ1) is 26.5. The minimum atomic E-state index is 1.23. The summed E-state index contributed by atoms with van der Waals surface area (Å²) < 4.78 is 2.68. The lowest BCUT2D eigenvalue weighted by Crippen LogP contribution is -1.91. The molecule has 10 aromatic rings. The van der Waals surface area contributed by atoms with Crippen molar-refractivity contribution >= 4 is 74.6 Å². The molecule has 10 rings (SSSR count). The van der Waals surface area contributed by atoms with Gasteiger partial charge in [0.15, 0.2) is 0 Å². The molecular weight excluding hydrogens is 585 g/mol. The van der Waals surface area contributed by atoms with Crippen LogP contribution in [-0.4, -0.2) is 0 Å². The molecule has 218 valence electrons. The van der Waals surface area contributed by atoms with Crippen LogP contribution in [0.15, 0.2) is 170 Å². The van der Waals surface area contributed by atoms with Crippen molar-refractivity contribution in [1.29, 1.82) is 0 Å². The van der Waals surface area contributed by atoms with Gasteiger partial charge in [0.05, 0.1) is 0 Å². The summed E-state index contributed by atoms with van der Waals surface area (Å²) in [6.07, 6.45) is 0. The fraction of sp³-hybridized carbons (Fsp3) is 0. The molecule has 0 amide bonds. The van der Waals surface area contributed by atoms with Gasteiger partial charge in [0.1, 0.15) is 0 Å². The van der Waals surface area contributed by atoms with Gasteiger partial charge in [-0.05, 0) is 77.0 Å². The molecule has 0 fully saturated rings. The van der Waals surface area contributed by atoms with E-state index in [2.05, 4.69) is 170 Å². The smallest absolute Gasteiger partial charge is 0.0434 e. The molecule has 0 nitrogen and oxygen atoms in total. The third-order valence-corrected chi connectivity index (χ3v) is 11.1. The summed E-state index contributed by atoms with van der Waals surface area (Å²) in [5.74, 6) is 0. The molecule has 0 aliphatic heterocycles. The van der Waals surface area contributed by atoms with E-state index < -0.39 is 0 Å². The normalized spacial score (nSPS) is 11.8. The fourth-order valence-electron chi connectivity index (χ4n) is 7.78. The van der Waals surface area contributed by atoms with Crippen LogP contribution in [0.4, 0.5) is 0 Å². The van der Waals surface area contributed by atoms with Crippen LogP contribution >= 0.6 is 11.3 Å². The average molecular weight is 613 g/mol. The van der Waals surface area contributed by atoms with Crippen molar-refractivity contribution in [2.45, 2.75) is 0 Å². The summed E-state index contributed by atoms with van der Waals surface area (Å²) in [6, 6.07) is 62.6. The second kappa shape index (κ2) is 10.4. The van der Waals surface area contributed by atoms with Crippen molar-refractivity contribution in [2.75, 3.05) is 0 Å². The number of rotatable bonds is 3. The molecule has 0 spiro atoms. The Balaban J connectivity index is 1.19. The molecule has 0 atom stereocenters. The summed E-state index contributed by atoms with van der Waals surface area (Å²) >= 11 is 1.90. The van der Waals surface area contributed by atoms with E-state index in [9.17, 15) is 0 Å². The van der Waals surface area contributed by atoms with Crippen molar-refractivity contribution < 1.29 is 0 Å². The first-order valence-corrected chi connectivity index (χ1v) is 17.0. The number of fused-ring (bicyclic) bond motifs is 8. The zero-order valence-corrected chi connectivity index (χ0v) is 26.4. The molecular formula is C46H28S. The van der Waals surface area contributed by atoms with E-state index in [4.69, 9.17) is 0 Å². The van der Waals surface area contributed by atoms with E-state index in [0.29, 0.717) is 0 Å². The van der Waals surface area contributed by atoms with E-state index in [-0.39, 0.29) is 0 Å². The van der Waals surface area contributed by atoms with Crippen LogP contribution in [-0.2, 0) is 0 Å². The molecule has 0 aliphatic carbocycles. The Morgan fingerprint density at radius 1 is 0.277 bits per heavy atom. The molecule has 47 heavy (non-hydrogen) atoms. The zero-order chi connectivity index (χ0) is 30.9. The van der Waals surface area contributed by atoms with Crippen LogP contribution in [0.3, 0.4) is 0 Å². The summed E-state index contributed by atoms with van der Waals surface area (Å²) in [7, 11) is 0. The van der Waals surface area contributed by atoms with E-state index in [1.165, 1.54) is 96.6 Å². The second-order valence-electron chi connectivity index (χ2n) is 12.4. The van der Waals surface area contributed by atoms with E-state index in [1.807, 2.05) is 11.3 Å². The number of hydrogen-bond acceptors (Lipinski definition) is 1. The Morgan fingerprint density at radius 2 is 0.809 bits per heavy atom. The Labute approximate surface area is 276 Å². The van der Waals surface area contributed by atoms with Crippen molar-refractivity contribution in [2.24, 2.45) is 0 Å². The van der Waals surface area contributed by atoms with Gasteiger partial charge in [0, 0.05) is 25.7 Å². The highest BCUT2D eigenvalue weighted by Crippen LogP contribution is 2.48. The highest BCUT2D eigenvalue weighted by atomic mass is 32.1. The van der Waals surface area contributed by atoms with Gasteiger partial charge in [-0.2, -0.15) is 0 Å². The molecule has 0 unspecified atom stereocenters. The third-order valence-electron chi connectivity index (χ3n) is 9.88. The number of hydrogen-bond donors (Lipinski definition) is 0. The SMILES string of the molecule is c1ccc2c(c1)ccc1c(-c3ccc(-c4c5ccccc5c(-c5cccc6c5sc5ccccc56)c5ccccc45)cc3)cccc12. The Bertz CT molecular complexity index is 2780. The molecule has 1 aromatic heterocycles. The third kappa shape index (κ3) is 4.00. The van der Waals surface area contributed by atoms with Crippen LogP contribution in [0.25, 0.3) is 96.6 Å². The Kier molecular flexibility index (Phi) is 5.85. The van der Waals surface area contributed by atoms with Crippen LogP contribution in [0.5, 0.6) is 0 Å². The van der Waals surface area contributed by atoms with Gasteiger partial charge in [-0.25, -0.2) is 0 Å². The predicted octanol–water partition coefficient (Wildman–Crippen LogP) is 13.7. The standard InChI is InChI=1S/C46H28S/c1-2-12-32-29(11-1)27-28-35-33(18-9-19-34(32)35)30-23-25-31(26-24-30)44-37-14-3-5-16-39(37)45(40-17-6-4-15-38(40)44)42-21-10-20-41-36-13-7-8-22-43(36)47-46(41)42/h1-28H. The van der Waals surface area contributed by atoms with Crippen LogP contribution < -0.4 is 0 Å². The predicted molar refractivity (Wildman–Crippen MR) is 206 cm³/mol. The number of benzene rings is 9. The van der Waals surface area contributed by atoms with Gasteiger partial charge in [-0.15, -0.1) is 11.3 Å². The quantitative estimate of drug-likeness (QED) is 0.138. The summed E-state index contributed by atoms with van der Waals surface area (Å²) in [5.41, 5.74) is 7.65. The van der Waals surface area contributed by atoms with Gasteiger partial charge in [-0.1, -0.05) is 164 Å². The number of thiophene rings is 1. The minimum absolute atomic E-state index is 1.23. The molecule has 0 aliphatic rings. The first-order chi connectivity index (χ1) is 23.3. The van der Waals surface area contributed by atoms with Crippen molar-refractivity contribution in [3.05, 3.63) is 170 Å². The molecule has 1 heteroatoms. The van der Waals surface area contributed by atoms with Gasteiger partial charge < -0.3 is 0 Å². The topological polar surface area (TPSA) is 0 Å². The van der Waals surface area contributed by atoms with Crippen LogP contribution in [0.1, 0.15) is 0 Å². The van der Waals surface area contributed by atoms with Crippen LogP contribution in [0.2, 0.25) is 0 Å². The van der Waals surface area contributed by atoms with Gasteiger partial charge in [0.25, 0.3) is 0 Å². The molecule has 9 aromatic carbocycles. The maximum absolute atomic E-state index is 2.32. The van der Waals surface area contributed by atoms with Gasteiger partial charge >= 0.3 is 0 Å². The second-order valence-corrected chi connectivity index (χ2v) is 13.4. The highest BCUT2D eigenvalue weighted by molar-refractivity contribution is 7.26. The Hall–Kier alpha value is -5.76. The van der Waals surface area contributed by atoms with E-state index >= 15 is 0 Å². The first-order valence-electron chi connectivity index (χ1n) is 16.2. The van der Waals surface area contributed by atoms with Crippen molar-refractivity contribution in [1.82, 2.24) is 0 Å². The average Bonchev–Trinajstić information content (AvgIpc) is 3.53. The zero-order valence-electron chi connectivity index (χ0n) is 25.6.